The Bertz CT molecular complexity index is 949. The van der Waals surface area contributed by atoms with Crippen LogP contribution in [0.5, 0.6) is 0 Å². The van der Waals surface area contributed by atoms with Crippen LogP contribution in [-0.2, 0) is 0 Å². The lowest BCUT2D eigenvalue weighted by Crippen LogP contribution is -2.30. The molecule has 3 N–H and O–H groups in total. The molecule has 0 amide bonds. The molecule has 0 radical (unpaired) electrons. The number of pyridine rings is 1. The minimum atomic E-state index is -0.126. The van der Waals surface area contributed by atoms with Gasteiger partial charge in [-0.15, -0.1) is 0 Å². The number of aromatic nitrogens is 3. The molecule has 0 fully saturated rings. The summed E-state index contributed by atoms with van der Waals surface area (Å²) in [5.74, 6) is 1.42. The van der Waals surface area contributed by atoms with Crippen LogP contribution in [0.4, 0.5) is 17.5 Å². The summed E-state index contributed by atoms with van der Waals surface area (Å²) in [6, 6.07) is 9.95. The molecular formula is C23H29N5O. The third-order valence-electron chi connectivity index (χ3n) is 4.95. The van der Waals surface area contributed by atoms with Gasteiger partial charge in [-0.2, -0.15) is 4.98 Å². The van der Waals surface area contributed by atoms with E-state index in [1.54, 1.807) is 12.4 Å². The van der Waals surface area contributed by atoms with Crippen LogP contribution in [0.3, 0.4) is 0 Å². The van der Waals surface area contributed by atoms with E-state index in [4.69, 9.17) is 0 Å². The highest BCUT2D eigenvalue weighted by atomic mass is 16.3. The van der Waals surface area contributed by atoms with Gasteiger partial charge in [0.05, 0.1) is 18.3 Å². The maximum absolute atomic E-state index is 9.71. The van der Waals surface area contributed by atoms with Gasteiger partial charge in [0.2, 0.25) is 5.95 Å². The topological polar surface area (TPSA) is 83.0 Å². The number of nitrogens with one attached hydrogen (secondary N) is 2. The number of aliphatic hydroxyl groups excluding tert-OH is 1. The largest absolute Gasteiger partial charge is 0.394 e. The molecule has 1 atom stereocenters. The fourth-order valence-electron chi connectivity index (χ4n) is 3.34. The number of nitrogens with zero attached hydrogens (tertiary/aromatic N) is 3. The molecule has 0 aliphatic heterocycles. The van der Waals surface area contributed by atoms with Crippen LogP contribution in [-0.4, -0.2) is 32.7 Å². The minimum Gasteiger partial charge on any atom is -0.394 e. The molecule has 6 nitrogen and oxygen atoms in total. The summed E-state index contributed by atoms with van der Waals surface area (Å²) >= 11 is 0. The number of anilines is 3. The Labute approximate surface area is 172 Å². The molecule has 2 aromatic heterocycles. The molecular weight excluding hydrogens is 362 g/mol. The fourth-order valence-corrected chi connectivity index (χ4v) is 3.34. The first-order valence-corrected chi connectivity index (χ1v) is 9.89. The molecule has 6 heteroatoms. The van der Waals surface area contributed by atoms with Crippen molar-refractivity contribution in [2.75, 3.05) is 17.2 Å². The van der Waals surface area contributed by atoms with E-state index >= 15 is 0 Å². The van der Waals surface area contributed by atoms with E-state index in [-0.39, 0.29) is 18.6 Å². The lowest BCUT2D eigenvalue weighted by atomic mass is 10.1. The molecule has 152 valence electrons. The zero-order valence-corrected chi connectivity index (χ0v) is 17.7. The molecule has 0 bridgehead atoms. The van der Waals surface area contributed by atoms with Crippen LogP contribution < -0.4 is 10.6 Å². The van der Waals surface area contributed by atoms with Crippen molar-refractivity contribution >= 4 is 17.5 Å². The average Bonchev–Trinajstić information content (AvgIpc) is 2.69. The van der Waals surface area contributed by atoms with E-state index in [0.29, 0.717) is 11.8 Å². The number of hydrogen-bond acceptors (Lipinski definition) is 6. The zero-order chi connectivity index (χ0) is 21.0. The first-order valence-electron chi connectivity index (χ1n) is 9.89. The van der Waals surface area contributed by atoms with Crippen LogP contribution in [0.2, 0.25) is 0 Å². The summed E-state index contributed by atoms with van der Waals surface area (Å²) < 4.78 is 0. The predicted molar refractivity (Wildman–Crippen MR) is 119 cm³/mol. The highest BCUT2D eigenvalue weighted by Gasteiger charge is 2.15. The van der Waals surface area contributed by atoms with Crippen molar-refractivity contribution in [3.63, 3.8) is 0 Å². The Kier molecular flexibility index (Phi) is 6.44. The van der Waals surface area contributed by atoms with Crippen molar-refractivity contribution in [3.05, 3.63) is 59.4 Å². The fraction of sp³-hybridized carbons (Fsp3) is 0.348. The van der Waals surface area contributed by atoms with Gasteiger partial charge in [-0.05, 0) is 49.9 Å². The second-order valence-corrected chi connectivity index (χ2v) is 7.77. The monoisotopic (exact) mass is 391 g/mol. The second kappa shape index (κ2) is 9.01. The quantitative estimate of drug-likeness (QED) is 0.544. The normalized spacial score (nSPS) is 12.1. The first kappa shape index (κ1) is 20.7. The molecule has 0 aliphatic carbocycles. The van der Waals surface area contributed by atoms with Gasteiger partial charge in [-0.25, -0.2) is 4.98 Å². The van der Waals surface area contributed by atoms with Gasteiger partial charge in [0.25, 0.3) is 0 Å². The summed E-state index contributed by atoms with van der Waals surface area (Å²) in [7, 11) is 0. The van der Waals surface area contributed by atoms with Crippen molar-refractivity contribution < 1.29 is 5.11 Å². The summed E-state index contributed by atoms with van der Waals surface area (Å²) in [5.41, 5.74) is 6.35. The van der Waals surface area contributed by atoms with Crippen LogP contribution >= 0.6 is 0 Å². The van der Waals surface area contributed by atoms with Crippen molar-refractivity contribution in [3.8, 4) is 11.3 Å². The van der Waals surface area contributed by atoms with E-state index in [1.165, 1.54) is 5.56 Å². The third-order valence-corrected chi connectivity index (χ3v) is 4.95. The Morgan fingerprint density at radius 2 is 1.62 bits per heavy atom. The smallest absolute Gasteiger partial charge is 0.225 e. The van der Waals surface area contributed by atoms with E-state index in [1.807, 2.05) is 18.2 Å². The Balaban J connectivity index is 2.03. The minimum absolute atomic E-state index is 0.0133. The Hall–Kier alpha value is -2.99. The van der Waals surface area contributed by atoms with Crippen LogP contribution in [0.25, 0.3) is 11.3 Å². The van der Waals surface area contributed by atoms with E-state index in [9.17, 15) is 5.11 Å². The van der Waals surface area contributed by atoms with Crippen molar-refractivity contribution in [2.45, 2.75) is 40.7 Å². The summed E-state index contributed by atoms with van der Waals surface area (Å²) in [6.07, 6.45) is 3.49. The Morgan fingerprint density at radius 1 is 0.966 bits per heavy atom. The lowest BCUT2D eigenvalue weighted by molar-refractivity contribution is 0.248. The second-order valence-electron chi connectivity index (χ2n) is 7.77. The average molecular weight is 392 g/mol. The molecule has 0 unspecified atom stereocenters. The molecule has 3 rings (SSSR count). The van der Waals surface area contributed by atoms with Gasteiger partial charge in [0.15, 0.2) is 0 Å². The first-order chi connectivity index (χ1) is 13.9. The molecule has 0 saturated heterocycles. The molecule has 29 heavy (non-hydrogen) atoms. The number of hydrogen-bond donors (Lipinski definition) is 3. The standard InChI is InChI=1S/C23H29N5O/c1-14(2)20(13-29)26-23-25-19(18-6-8-24-9-7-18)12-21(28-23)27-22-16(4)10-15(3)11-17(22)5/h6-12,14,20,29H,13H2,1-5H3,(H2,25,26,27,28)/t20-/m0/s1. The molecule has 1 aromatic carbocycles. The van der Waals surface area contributed by atoms with Gasteiger partial charge in [-0.3, -0.25) is 4.98 Å². The molecule has 2 heterocycles. The maximum atomic E-state index is 9.71. The number of benzene rings is 1. The van der Waals surface area contributed by atoms with Gasteiger partial charge in [0, 0.05) is 29.7 Å². The SMILES string of the molecule is Cc1cc(C)c(Nc2cc(-c3ccncc3)nc(N[C@@H](CO)C(C)C)n2)c(C)c1. The highest BCUT2D eigenvalue weighted by Crippen LogP contribution is 2.28. The zero-order valence-electron chi connectivity index (χ0n) is 17.7. The van der Waals surface area contributed by atoms with E-state index < -0.39 is 0 Å². The van der Waals surface area contributed by atoms with E-state index in [0.717, 1.165) is 28.1 Å². The molecule has 0 saturated carbocycles. The van der Waals surface area contributed by atoms with Crippen molar-refractivity contribution in [1.29, 1.82) is 0 Å². The van der Waals surface area contributed by atoms with Gasteiger partial charge in [-0.1, -0.05) is 31.5 Å². The van der Waals surface area contributed by atoms with E-state index in [2.05, 4.69) is 72.3 Å². The molecule has 0 spiro atoms. The molecule has 0 aliphatic rings. The van der Waals surface area contributed by atoms with Crippen LogP contribution in [0, 0.1) is 26.7 Å². The Morgan fingerprint density at radius 3 is 2.21 bits per heavy atom. The predicted octanol–water partition coefficient (Wildman–Crippen LogP) is 4.64. The van der Waals surface area contributed by atoms with Crippen molar-refractivity contribution in [2.24, 2.45) is 5.92 Å². The third kappa shape index (κ3) is 5.09. The van der Waals surface area contributed by atoms with Gasteiger partial charge >= 0.3 is 0 Å². The molecule has 3 aromatic rings. The van der Waals surface area contributed by atoms with Gasteiger partial charge in [0.1, 0.15) is 5.82 Å². The summed E-state index contributed by atoms with van der Waals surface area (Å²) in [4.78, 5) is 13.4. The van der Waals surface area contributed by atoms with Crippen molar-refractivity contribution in [1.82, 2.24) is 15.0 Å². The van der Waals surface area contributed by atoms with Crippen LogP contribution in [0.1, 0.15) is 30.5 Å². The summed E-state index contributed by atoms with van der Waals surface area (Å²) in [6.45, 7) is 10.4. The van der Waals surface area contributed by atoms with Crippen LogP contribution in [0.15, 0.2) is 42.7 Å². The number of aryl methyl sites for hydroxylation is 3. The number of aliphatic hydroxyl groups is 1. The number of rotatable bonds is 7. The lowest BCUT2D eigenvalue weighted by Gasteiger charge is -2.21. The van der Waals surface area contributed by atoms with Gasteiger partial charge < -0.3 is 15.7 Å². The summed E-state index contributed by atoms with van der Waals surface area (Å²) in [5, 5.41) is 16.4. The highest BCUT2D eigenvalue weighted by molar-refractivity contribution is 5.70. The maximum Gasteiger partial charge on any atom is 0.225 e.